The Labute approximate surface area is 203 Å². The molecule has 2 heterocycles. The van der Waals surface area contributed by atoms with Gasteiger partial charge in [0.25, 0.3) is 5.91 Å². The number of methoxy groups -OCH3 is 1. The molecular formula is C25H26Cl2N4O2. The largest absolute Gasteiger partial charge is 0.492 e. The van der Waals surface area contributed by atoms with Crippen LogP contribution in [0.25, 0.3) is 16.9 Å². The third kappa shape index (κ3) is 4.60. The number of benzene rings is 2. The minimum absolute atomic E-state index is 0.218. The molecule has 1 saturated heterocycles. The molecular weight excluding hydrogens is 459 g/mol. The van der Waals surface area contributed by atoms with Gasteiger partial charge in [-0.15, -0.1) is 0 Å². The number of halogens is 2. The minimum atomic E-state index is -0.298. The highest BCUT2D eigenvalue weighted by atomic mass is 35.5. The summed E-state index contributed by atoms with van der Waals surface area (Å²) in [7, 11) is 1.56. The van der Waals surface area contributed by atoms with E-state index >= 15 is 0 Å². The molecule has 2 aliphatic rings. The molecule has 0 radical (unpaired) electrons. The van der Waals surface area contributed by atoms with E-state index in [4.69, 9.17) is 27.9 Å². The van der Waals surface area contributed by atoms with Crippen LogP contribution in [0.5, 0.6) is 5.75 Å². The lowest BCUT2D eigenvalue weighted by Crippen LogP contribution is -2.45. The molecule has 1 saturated carbocycles. The lowest BCUT2D eigenvalue weighted by Gasteiger charge is -2.26. The second kappa shape index (κ2) is 9.37. The fraction of sp³-hybridized carbons (Fsp3) is 0.360. The molecule has 5 rings (SSSR count). The highest BCUT2D eigenvalue weighted by molar-refractivity contribution is 6.35. The Bertz CT molecular complexity index is 1170. The number of ether oxygens (including phenoxy) is 1. The van der Waals surface area contributed by atoms with Gasteiger partial charge in [-0.25, -0.2) is 9.69 Å². The van der Waals surface area contributed by atoms with E-state index in [1.54, 1.807) is 30.0 Å². The van der Waals surface area contributed by atoms with Gasteiger partial charge in [-0.2, -0.15) is 5.10 Å². The van der Waals surface area contributed by atoms with Crippen LogP contribution in [0.2, 0.25) is 10.0 Å². The highest BCUT2D eigenvalue weighted by Gasteiger charge is 2.29. The second-order valence-corrected chi connectivity index (χ2v) is 9.47. The van der Waals surface area contributed by atoms with Gasteiger partial charge in [0.1, 0.15) is 5.69 Å². The zero-order valence-corrected chi connectivity index (χ0v) is 20.0. The lowest BCUT2D eigenvalue weighted by molar-refractivity contribution is 0.0741. The van der Waals surface area contributed by atoms with E-state index in [9.17, 15) is 4.79 Å². The molecule has 2 aromatic carbocycles. The first-order valence-corrected chi connectivity index (χ1v) is 12.1. The highest BCUT2D eigenvalue weighted by Crippen LogP contribution is 2.42. The summed E-state index contributed by atoms with van der Waals surface area (Å²) in [5, 5.41) is 7.59. The summed E-state index contributed by atoms with van der Waals surface area (Å²) >= 11 is 12.7. The first kappa shape index (κ1) is 22.3. The van der Waals surface area contributed by atoms with Crippen LogP contribution in [0.1, 0.15) is 54.1 Å². The lowest BCUT2D eigenvalue weighted by atomic mass is 10.0. The average Bonchev–Trinajstić information content (AvgIpc) is 3.60. The van der Waals surface area contributed by atoms with Gasteiger partial charge in [0, 0.05) is 23.7 Å². The van der Waals surface area contributed by atoms with Crippen molar-refractivity contribution in [2.45, 2.75) is 38.0 Å². The van der Waals surface area contributed by atoms with Crippen molar-refractivity contribution in [2.75, 3.05) is 20.2 Å². The van der Waals surface area contributed by atoms with Crippen LogP contribution in [0.15, 0.2) is 42.5 Å². The molecule has 1 aliphatic heterocycles. The Balaban J connectivity index is 1.60. The molecule has 6 nitrogen and oxygen atoms in total. The molecule has 0 bridgehead atoms. The Morgan fingerprint density at radius 3 is 2.42 bits per heavy atom. The first-order chi connectivity index (χ1) is 16.0. The van der Waals surface area contributed by atoms with Crippen LogP contribution in [0.4, 0.5) is 0 Å². The van der Waals surface area contributed by atoms with E-state index in [2.05, 4.69) is 34.8 Å². The van der Waals surface area contributed by atoms with E-state index in [-0.39, 0.29) is 11.6 Å². The van der Waals surface area contributed by atoms with Gasteiger partial charge < -0.3 is 4.74 Å². The number of nitrogens with zero attached hydrogens (tertiary/aromatic N) is 3. The number of carbonyl (C=O) groups is 1. The van der Waals surface area contributed by atoms with Crippen molar-refractivity contribution >= 4 is 29.1 Å². The topological polar surface area (TPSA) is 59.4 Å². The predicted molar refractivity (Wildman–Crippen MR) is 130 cm³/mol. The number of hydrogen-bond acceptors (Lipinski definition) is 4. The quantitative estimate of drug-likeness (QED) is 0.475. The number of rotatable bonds is 6. The Kier molecular flexibility index (Phi) is 6.32. The van der Waals surface area contributed by atoms with Gasteiger partial charge in [-0.05, 0) is 55.4 Å². The summed E-state index contributed by atoms with van der Waals surface area (Å²) in [5.74, 6) is 0.769. The normalized spacial score (nSPS) is 16.6. The molecule has 2 fully saturated rings. The van der Waals surface area contributed by atoms with Crippen LogP contribution >= 0.6 is 23.2 Å². The molecule has 0 unspecified atom stereocenters. The van der Waals surface area contributed by atoms with Crippen LogP contribution < -0.4 is 10.2 Å². The van der Waals surface area contributed by atoms with Gasteiger partial charge >= 0.3 is 0 Å². The van der Waals surface area contributed by atoms with Crippen molar-refractivity contribution in [1.82, 2.24) is 20.2 Å². The summed E-state index contributed by atoms with van der Waals surface area (Å²) < 4.78 is 7.44. The first-order valence-electron chi connectivity index (χ1n) is 11.3. The number of carbonyl (C=O) groups excluding carboxylic acids is 1. The molecule has 1 aromatic heterocycles. The van der Waals surface area contributed by atoms with Gasteiger partial charge in [0.05, 0.1) is 17.8 Å². The van der Waals surface area contributed by atoms with Crippen molar-refractivity contribution in [3.05, 3.63) is 63.8 Å². The molecule has 1 aliphatic carbocycles. The monoisotopic (exact) mass is 484 g/mol. The SMILES string of the molecule is COc1c(C(=O)NN2CCCCC2)nn(-c2ccc(Cl)cc2Cl)c1-c1ccc(C2CC2)cc1. The minimum Gasteiger partial charge on any atom is -0.492 e. The molecule has 0 spiro atoms. The van der Waals surface area contributed by atoms with Crippen molar-refractivity contribution in [3.8, 4) is 22.7 Å². The third-order valence-corrected chi connectivity index (χ3v) is 6.79. The van der Waals surface area contributed by atoms with Crippen LogP contribution in [0, 0.1) is 0 Å². The van der Waals surface area contributed by atoms with E-state index in [1.165, 1.54) is 24.8 Å². The number of aromatic nitrogens is 2. The standard InChI is InChI=1S/C25H26Cl2N4O2/c1-33-24-22(25(32)29-30-13-3-2-4-14-30)28-31(21-12-11-19(26)15-20(21)27)23(24)18-9-7-17(8-10-18)16-5-6-16/h7-12,15-16H,2-6,13-14H2,1H3,(H,29,32). The number of hydrazine groups is 1. The van der Waals surface area contributed by atoms with Crippen LogP contribution in [-0.2, 0) is 0 Å². The van der Waals surface area contributed by atoms with Crippen LogP contribution in [-0.4, -0.2) is 40.9 Å². The Morgan fingerprint density at radius 1 is 1.06 bits per heavy atom. The molecule has 172 valence electrons. The summed E-state index contributed by atoms with van der Waals surface area (Å²) in [6, 6.07) is 13.6. The van der Waals surface area contributed by atoms with Crippen molar-refractivity contribution < 1.29 is 9.53 Å². The molecule has 8 heteroatoms. The predicted octanol–water partition coefficient (Wildman–Crippen LogP) is 5.86. The van der Waals surface area contributed by atoms with E-state index in [1.807, 2.05) is 5.01 Å². The molecule has 3 aromatic rings. The maximum Gasteiger partial charge on any atom is 0.289 e. The fourth-order valence-electron chi connectivity index (χ4n) is 4.36. The summed E-state index contributed by atoms with van der Waals surface area (Å²) in [5.41, 5.74) is 6.73. The van der Waals surface area contributed by atoms with Gasteiger partial charge in [-0.1, -0.05) is 53.9 Å². The number of piperidine rings is 1. The third-order valence-electron chi connectivity index (χ3n) is 6.25. The number of hydrogen-bond donors (Lipinski definition) is 1. The summed E-state index contributed by atoms with van der Waals surface area (Å²) in [6.07, 6.45) is 5.78. The second-order valence-electron chi connectivity index (χ2n) is 8.62. The molecule has 33 heavy (non-hydrogen) atoms. The van der Waals surface area contributed by atoms with Crippen molar-refractivity contribution in [1.29, 1.82) is 0 Å². The smallest absolute Gasteiger partial charge is 0.289 e. The Hall–Kier alpha value is -2.54. The fourth-order valence-corrected chi connectivity index (χ4v) is 4.85. The molecule has 1 N–H and O–H groups in total. The zero-order valence-electron chi connectivity index (χ0n) is 18.5. The molecule has 0 atom stereocenters. The van der Waals surface area contributed by atoms with E-state index in [0.717, 1.165) is 31.5 Å². The van der Waals surface area contributed by atoms with Gasteiger partial charge in [0.15, 0.2) is 11.4 Å². The zero-order chi connectivity index (χ0) is 22.9. The van der Waals surface area contributed by atoms with Gasteiger partial charge in [-0.3, -0.25) is 10.2 Å². The number of nitrogens with one attached hydrogen (secondary N) is 1. The van der Waals surface area contributed by atoms with E-state index < -0.39 is 0 Å². The summed E-state index contributed by atoms with van der Waals surface area (Å²) in [4.78, 5) is 13.2. The average molecular weight is 485 g/mol. The maximum absolute atomic E-state index is 13.2. The molecule has 1 amide bonds. The maximum atomic E-state index is 13.2. The Morgan fingerprint density at radius 2 is 1.79 bits per heavy atom. The number of amides is 1. The van der Waals surface area contributed by atoms with Crippen molar-refractivity contribution in [3.63, 3.8) is 0 Å². The van der Waals surface area contributed by atoms with Crippen LogP contribution in [0.3, 0.4) is 0 Å². The summed E-state index contributed by atoms with van der Waals surface area (Å²) in [6.45, 7) is 1.65. The van der Waals surface area contributed by atoms with E-state index in [0.29, 0.717) is 33.1 Å². The van der Waals surface area contributed by atoms with Gasteiger partial charge in [0.2, 0.25) is 0 Å². The van der Waals surface area contributed by atoms with Crippen molar-refractivity contribution in [2.24, 2.45) is 0 Å².